The molecule has 1 unspecified atom stereocenters. The van der Waals surface area contributed by atoms with Crippen LogP contribution >= 0.6 is 15.9 Å². The molecule has 2 aromatic rings. The molecule has 0 radical (unpaired) electrons. The van der Waals surface area contributed by atoms with Crippen LogP contribution in [0.25, 0.3) is 0 Å². The first-order valence-corrected chi connectivity index (χ1v) is 17.8. The Morgan fingerprint density at radius 1 is 0.939 bits per heavy atom. The van der Waals surface area contributed by atoms with Gasteiger partial charge in [-0.25, -0.2) is 9.59 Å². The maximum absolute atomic E-state index is 14.0. The molecule has 49 heavy (non-hydrogen) atoms. The number of ether oxygens (including phenoxy) is 1. The normalized spacial score (nSPS) is 20.7. The van der Waals surface area contributed by atoms with E-state index in [0.717, 1.165) is 43.2 Å². The Kier molecular flexibility index (Phi) is 10.9. The molecular weight excluding hydrogens is 707 g/mol. The number of amides is 4. The van der Waals surface area contributed by atoms with Crippen LogP contribution in [0.2, 0.25) is 0 Å². The van der Waals surface area contributed by atoms with Gasteiger partial charge in [-0.3, -0.25) is 9.69 Å². The maximum atomic E-state index is 14.0. The first-order valence-electron chi connectivity index (χ1n) is 17.0. The highest BCUT2D eigenvalue weighted by Gasteiger charge is 2.38. The van der Waals surface area contributed by atoms with Crippen LogP contribution in [0.4, 0.5) is 34.1 Å². The molecule has 4 aliphatic heterocycles. The summed E-state index contributed by atoms with van der Waals surface area (Å²) in [7, 11) is 0. The van der Waals surface area contributed by atoms with Gasteiger partial charge in [0.25, 0.3) is 5.91 Å². The zero-order valence-electron chi connectivity index (χ0n) is 27.3. The van der Waals surface area contributed by atoms with Gasteiger partial charge >= 0.3 is 18.3 Å². The molecule has 4 aliphatic rings. The molecule has 15 heteroatoms. The van der Waals surface area contributed by atoms with Gasteiger partial charge in [-0.2, -0.15) is 13.2 Å². The zero-order chi connectivity index (χ0) is 34.7. The lowest BCUT2D eigenvalue weighted by atomic mass is 10.0. The summed E-state index contributed by atoms with van der Waals surface area (Å²) in [6.07, 6.45) is -3.16. The zero-order valence-corrected chi connectivity index (χ0v) is 28.9. The lowest BCUT2D eigenvalue weighted by molar-refractivity contribution is -0.143. The van der Waals surface area contributed by atoms with E-state index in [1.54, 1.807) is 4.90 Å². The van der Waals surface area contributed by atoms with Gasteiger partial charge in [-0.1, -0.05) is 18.2 Å². The number of benzene rings is 2. The van der Waals surface area contributed by atoms with Gasteiger partial charge in [-0.05, 0) is 90.4 Å². The highest BCUT2D eigenvalue weighted by atomic mass is 79.9. The lowest BCUT2D eigenvalue weighted by Gasteiger charge is -2.41. The fourth-order valence-corrected chi connectivity index (χ4v) is 7.90. The molecule has 0 spiro atoms. The minimum Gasteiger partial charge on any atom is -0.436 e. The van der Waals surface area contributed by atoms with Crippen molar-refractivity contribution in [2.24, 2.45) is 0 Å². The van der Waals surface area contributed by atoms with Crippen LogP contribution < -0.4 is 16.4 Å². The molecule has 2 aromatic carbocycles. The standard InChI is InChI=1S/C34H43BrF3N7O4/c35-27-20-22(19-26(30(27)39)34(36,37)38)21-29(31(46)43-17-15-42(16-18-43)24-5-10-40-11-6-24)49-33(48)44-12-8-25(9-13-44)45-14-7-23-3-1-2-4-28(23)41-32(45)47/h1-4,19-20,24-25,29,40H,5-18,21,39H2,(H,41,47). The molecule has 4 N–H and O–H groups in total. The molecule has 1 atom stereocenters. The first-order chi connectivity index (χ1) is 23.5. The summed E-state index contributed by atoms with van der Waals surface area (Å²) in [6.45, 7) is 5.29. The van der Waals surface area contributed by atoms with Gasteiger partial charge in [0.1, 0.15) is 0 Å². The molecule has 0 aromatic heterocycles. The van der Waals surface area contributed by atoms with Crippen molar-refractivity contribution in [2.45, 2.75) is 62.9 Å². The van der Waals surface area contributed by atoms with Crippen molar-refractivity contribution in [3.8, 4) is 0 Å². The minimum atomic E-state index is -4.71. The summed E-state index contributed by atoms with van der Waals surface area (Å²) in [5.41, 5.74) is 6.30. The van der Waals surface area contributed by atoms with Crippen molar-refractivity contribution in [3.63, 3.8) is 0 Å². The molecule has 11 nitrogen and oxygen atoms in total. The smallest absolute Gasteiger partial charge is 0.418 e. The number of urea groups is 1. The van der Waals surface area contributed by atoms with Crippen LogP contribution in [-0.4, -0.2) is 115 Å². The van der Waals surface area contributed by atoms with Crippen LogP contribution in [0, 0.1) is 0 Å². The number of hydrogen-bond donors (Lipinski definition) is 3. The topological polar surface area (TPSA) is 123 Å². The number of nitrogens with one attached hydrogen (secondary N) is 2. The predicted octanol–water partition coefficient (Wildman–Crippen LogP) is 4.55. The van der Waals surface area contributed by atoms with Crippen LogP contribution in [-0.2, 0) is 28.5 Å². The maximum Gasteiger partial charge on any atom is 0.418 e. The van der Waals surface area contributed by atoms with Gasteiger partial charge in [0.05, 0.1) is 11.3 Å². The van der Waals surface area contributed by atoms with Gasteiger partial charge < -0.3 is 35.8 Å². The number of piperidine rings is 2. The van der Waals surface area contributed by atoms with E-state index in [0.29, 0.717) is 71.1 Å². The third kappa shape index (κ3) is 8.26. The van der Waals surface area contributed by atoms with Crippen LogP contribution in [0.3, 0.4) is 0 Å². The van der Waals surface area contributed by atoms with Crippen molar-refractivity contribution in [1.82, 2.24) is 24.9 Å². The number of alkyl halides is 3. The summed E-state index contributed by atoms with van der Waals surface area (Å²) >= 11 is 3.13. The summed E-state index contributed by atoms with van der Waals surface area (Å²) in [5.74, 6) is -0.435. The molecule has 3 saturated heterocycles. The van der Waals surface area contributed by atoms with Crippen molar-refractivity contribution in [2.75, 3.05) is 70.0 Å². The van der Waals surface area contributed by atoms with Crippen LogP contribution in [0.15, 0.2) is 40.9 Å². The van der Waals surface area contributed by atoms with Gasteiger partial charge in [-0.15, -0.1) is 0 Å². The summed E-state index contributed by atoms with van der Waals surface area (Å²) in [5, 5.41) is 6.36. The summed E-state index contributed by atoms with van der Waals surface area (Å²) < 4.78 is 47.4. The second kappa shape index (κ2) is 15.1. The number of halogens is 4. The van der Waals surface area contributed by atoms with Gasteiger partial charge in [0, 0.05) is 74.5 Å². The largest absolute Gasteiger partial charge is 0.436 e. The second-order valence-electron chi connectivity index (χ2n) is 13.2. The number of carbonyl (C=O) groups is 3. The molecule has 266 valence electrons. The molecule has 4 amide bonds. The number of carbonyl (C=O) groups excluding carboxylic acids is 3. The van der Waals surface area contributed by atoms with E-state index in [1.165, 1.54) is 11.0 Å². The minimum absolute atomic E-state index is 0.0492. The lowest BCUT2D eigenvalue weighted by Crippen LogP contribution is -2.56. The van der Waals surface area contributed by atoms with E-state index in [1.807, 2.05) is 29.2 Å². The number of anilines is 2. The van der Waals surface area contributed by atoms with Crippen molar-refractivity contribution in [1.29, 1.82) is 0 Å². The number of rotatable bonds is 6. The SMILES string of the molecule is Nc1c(Br)cc(CC(OC(=O)N2CCC(N3CCc4ccccc4NC3=O)CC2)C(=O)N2CCN(C3CCNCC3)CC2)cc1C(F)(F)F. The number of fused-ring (bicyclic) bond motifs is 1. The average molecular weight is 751 g/mol. The van der Waals surface area contributed by atoms with Crippen LogP contribution in [0.5, 0.6) is 0 Å². The number of hydrogen-bond acceptors (Lipinski definition) is 7. The average Bonchev–Trinajstić information content (AvgIpc) is 3.27. The molecule has 3 fully saturated rings. The fourth-order valence-electron chi connectivity index (χ4n) is 7.40. The monoisotopic (exact) mass is 749 g/mol. The van der Waals surface area contributed by atoms with Crippen molar-refractivity contribution < 1.29 is 32.3 Å². The third-order valence-corrected chi connectivity index (χ3v) is 10.8. The molecule has 0 aliphatic carbocycles. The number of para-hydroxylation sites is 1. The van der Waals surface area contributed by atoms with Crippen molar-refractivity contribution in [3.05, 3.63) is 57.6 Å². The van der Waals surface area contributed by atoms with Crippen LogP contribution in [0.1, 0.15) is 42.4 Å². The molecule has 0 saturated carbocycles. The van der Waals surface area contributed by atoms with E-state index < -0.39 is 35.5 Å². The number of nitrogens with two attached hydrogens (primary N) is 1. The summed E-state index contributed by atoms with van der Waals surface area (Å²) in [4.78, 5) is 47.9. The quantitative estimate of drug-likeness (QED) is 0.371. The Morgan fingerprint density at radius 3 is 2.33 bits per heavy atom. The molecule has 4 heterocycles. The van der Waals surface area contributed by atoms with Gasteiger partial charge in [0.15, 0.2) is 6.10 Å². The Morgan fingerprint density at radius 2 is 1.63 bits per heavy atom. The second-order valence-corrected chi connectivity index (χ2v) is 14.1. The molecular formula is C34H43BrF3N7O4. The number of piperazine rings is 1. The molecule has 6 rings (SSSR count). The Balaban J connectivity index is 1.12. The van der Waals surface area contributed by atoms with E-state index >= 15 is 0 Å². The van der Waals surface area contributed by atoms with Crippen molar-refractivity contribution >= 4 is 45.3 Å². The Hall–Kier alpha value is -3.56. The highest BCUT2D eigenvalue weighted by molar-refractivity contribution is 9.10. The van der Waals surface area contributed by atoms with E-state index in [2.05, 4.69) is 31.5 Å². The molecule has 0 bridgehead atoms. The number of likely N-dealkylation sites (tertiary alicyclic amines) is 1. The van der Waals surface area contributed by atoms with Gasteiger partial charge in [0.2, 0.25) is 0 Å². The summed E-state index contributed by atoms with van der Waals surface area (Å²) in [6, 6.07) is 10.2. The third-order valence-electron chi connectivity index (χ3n) is 10.2. The number of nitrogen functional groups attached to an aromatic ring is 1. The fraction of sp³-hybridized carbons (Fsp3) is 0.559. The van der Waals surface area contributed by atoms with E-state index in [-0.39, 0.29) is 28.5 Å². The predicted molar refractivity (Wildman–Crippen MR) is 182 cm³/mol. The number of nitrogens with zero attached hydrogens (tertiary/aromatic N) is 4. The van der Waals surface area contributed by atoms with E-state index in [9.17, 15) is 27.6 Å². The highest BCUT2D eigenvalue weighted by Crippen LogP contribution is 2.38. The first kappa shape index (κ1) is 35.3. The Labute approximate surface area is 292 Å². The van der Waals surface area contributed by atoms with E-state index in [4.69, 9.17) is 10.5 Å². The Bertz CT molecular complexity index is 1520.